The minimum atomic E-state index is -3.75. The Bertz CT molecular complexity index is 609. The van der Waals surface area contributed by atoms with Gasteiger partial charge in [-0.1, -0.05) is 17.7 Å². The molecule has 20 heavy (non-hydrogen) atoms. The van der Waals surface area contributed by atoms with Crippen LogP contribution in [0.4, 0.5) is 0 Å². The van der Waals surface area contributed by atoms with Crippen molar-refractivity contribution < 1.29 is 13.2 Å². The van der Waals surface area contributed by atoms with Crippen molar-refractivity contribution in [3.63, 3.8) is 0 Å². The molecule has 1 aromatic carbocycles. The van der Waals surface area contributed by atoms with Gasteiger partial charge >= 0.3 is 0 Å². The monoisotopic (exact) mass is 314 g/mol. The first-order valence-electron chi connectivity index (χ1n) is 5.89. The Kier molecular flexibility index (Phi) is 6.68. The number of hydrogen-bond donors (Lipinski definition) is 1. The molecule has 0 amide bonds. The molecule has 0 fully saturated rings. The van der Waals surface area contributed by atoms with Crippen LogP contribution in [0.15, 0.2) is 35.7 Å². The average Bonchev–Trinajstić information content (AvgIpc) is 2.43. The van der Waals surface area contributed by atoms with E-state index < -0.39 is 10.0 Å². The lowest BCUT2D eigenvalue weighted by Gasteiger charge is -2.09. The molecule has 0 spiro atoms. The van der Waals surface area contributed by atoms with E-state index >= 15 is 0 Å². The quantitative estimate of drug-likeness (QED) is 0.588. The van der Waals surface area contributed by atoms with Crippen LogP contribution in [-0.2, 0) is 14.8 Å². The Morgan fingerprint density at radius 2 is 2.20 bits per heavy atom. The lowest BCUT2D eigenvalue weighted by Crippen LogP contribution is -2.27. The van der Waals surface area contributed by atoms with Gasteiger partial charge in [0.1, 0.15) is 4.90 Å². The maximum Gasteiger partial charge on any atom is 0.242 e. The predicted octanol–water partition coefficient (Wildman–Crippen LogP) is 2.08. The molecule has 0 aliphatic heterocycles. The Balaban J connectivity index is 2.65. The van der Waals surface area contributed by atoms with Gasteiger partial charge in [0.2, 0.25) is 10.0 Å². The molecule has 0 aromatic heterocycles. The van der Waals surface area contributed by atoms with Gasteiger partial charge in [0.15, 0.2) is 0 Å². The number of nitrogens with one attached hydrogen (secondary N) is 1. The number of nitrogens with zero attached hydrogens (tertiary/aromatic N) is 1. The van der Waals surface area contributed by atoms with E-state index in [9.17, 15) is 8.42 Å². The highest BCUT2D eigenvalue weighted by Crippen LogP contribution is 2.22. The summed E-state index contributed by atoms with van der Waals surface area (Å²) in [5.74, 6) is 0. The average molecular weight is 315 g/mol. The summed E-state index contributed by atoms with van der Waals surface area (Å²) in [6.07, 6.45) is 2.43. The van der Waals surface area contributed by atoms with Crippen LogP contribution in [0.5, 0.6) is 0 Å². The van der Waals surface area contributed by atoms with Crippen molar-refractivity contribution in [1.82, 2.24) is 4.72 Å². The highest BCUT2D eigenvalue weighted by atomic mass is 35.5. The van der Waals surface area contributed by atoms with E-state index in [1.54, 1.807) is 6.08 Å². The maximum atomic E-state index is 12.0. The second kappa shape index (κ2) is 8.02. The van der Waals surface area contributed by atoms with Crippen molar-refractivity contribution in [2.24, 2.45) is 0 Å². The zero-order valence-electron chi connectivity index (χ0n) is 10.8. The third-order valence-corrected chi connectivity index (χ3v) is 4.30. The molecule has 0 bridgehead atoms. The number of benzene rings is 1. The van der Waals surface area contributed by atoms with Crippen LogP contribution in [0.1, 0.15) is 12.0 Å². The maximum absolute atomic E-state index is 12.0. The number of halogens is 1. The minimum Gasteiger partial charge on any atom is -0.380 e. The van der Waals surface area contributed by atoms with E-state index in [4.69, 9.17) is 21.6 Å². The molecule has 7 heteroatoms. The molecular weight excluding hydrogens is 300 g/mol. The van der Waals surface area contributed by atoms with Crippen molar-refractivity contribution >= 4 is 21.6 Å². The Hall–Kier alpha value is -1.39. The first-order valence-corrected chi connectivity index (χ1v) is 7.75. The van der Waals surface area contributed by atoms with Crippen molar-refractivity contribution in [2.45, 2.75) is 11.3 Å². The van der Waals surface area contributed by atoms with E-state index in [0.717, 1.165) is 0 Å². The van der Waals surface area contributed by atoms with Gasteiger partial charge in [-0.3, -0.25) is 0 Å². The largest absolute Gasteiger partial charge is 0.380 e. The molecule has 0 radical (unpaired) electrons. The van der Waals surface area contributed by atoms with Gasteiger partial charge in [0, 0.05) is 6.54 Å². The van der Waals surface area contributed by atoms with Gasteiger partial charge in [-0.2, -0.15) is 5.26 Å². The van der Waals surface area contributed by atoms with Gasteiger partial charge in [-0.15, -0.1) is 6.58 Å². The van der Waals surface area contributed by atoms with Crippen molar-refractivity contribution in [1.29, 1.82) is 5.26 Å². The second-order valence-electron chi connectivity index (χ2n) is 3.84. The smallest absolute Gasteiger partial charge is 0.242 e. The molecule has 1 rings (SSSR count). The SMILES string of the molecule is C=CCCOCCNS(=O)(=O)c1cc(C#N)ccc1Cl. The molecule has 1 N–H and O–H groups in total. The van der Waals surface area contributed by atoms with Gasteiger partial charge in [-0.25, -0.2) is 13.1 Å². The van der Waals surface area contributed by atoms with Crippen LogP contribution < -0.4 is 4.72 Å². The van der Waals surface area contributed by atoms with Gasteiger partial charge in [0.05, 0.1) is 29.9 Å². The van der Waals surface area contributed by atoms with Crippen LogP contribution in [0.2, 0.25) is 5.02 Å². The standard InChI is InChI=1S/C13H15ClN2O3S/c1-2-3-7-19-8-6-16-20(17,18)13-9-11(10-15)4-5-12(13)14/h2,4-5,9,16H,1,3,6-8H2. The molecular formula is C13H15ClN2O3S. The number of nitriles is 1. The summed E-state index contributed by atoms with van der Waals surface area (Å²) in [6, 6.07) is 5.95. The van der Waals surface area contributed by atoms with Gasteiger partial charge in [0.25, 0.3) is 0 Å². The topological polar surface area (TPSA) is 79.2 Å². The summed E-state index contributed by atoms with van der Waals surface area (Å²) in [5, 5.41) is 8.85. The zero-order chi connectivity index (χ0) is 15.0. The summed E-state index contributed by atoms with van der Waals surface area (Å²) in [5.41, 5.74) is 0.233. The summed E-state index contributed by atoms with van der Waals surface area (Å²) in [4.78, 5) is -0.107. The number of sulfonamides is 1. The molecule has 0 saturated carbocycles. The van der Waals surface area contributed by atoms with Crippen LogP contribution in [-0.4, -0.2) is 28.2 Å². The second-order valence-corrected chi connectivity index (χ2v) is 5.99. The van der Waals surface area contributed by atoms with Crippen LogP contribution in [0, 0.1) is 11.3 Å². The molecule has 5 nitrogen and oxygen atoms in total. The summed E-state index contributed by atoms with van der Waals surface area (Å²) in [6.45, 7) is 4.43. The van der Waals surface area contributed by atoms with Crippen LogP contribution in [0.3, 0.4) is 0 Å². The van der Waals surface area contributed by atoms with Crippen LogP contribution >= 0.6 is 11.6 Å². The van der Waals surface area contributed by atoms with Crippen molar-refractivity contribution in [2.75, 3.05) is 19.8 Å². The van der Waals surface area contributed by atoms with Crippen LogP contribution in [0.25, 0.3) is 0 Å². The van der Waals surface area contributed by atoms with Crippen molar-refractivity contribution in [3.05, 3.63) is 41.4 Å². The zero-order valence-corrected chi connectivity index (χ0v) is 12.4. The number of rotatable bonds is 8. The van der Waals surface area contributed by atoms with Gasteiger partial charge < -0.3 is 4.74 Å². The third-order valence-electron chi connectivity index (χ3n) is 2.35. The lowest BCUT2D eigenvalue weighted by atomic mass is 10.2. The molecule has 1 aromatic rings. The fourth-order valence-corrected chi connectivity index (χ4v) is 2.91. The molecule has 0 unspecified atom stereocenters. The van der Waals surface area contributed by atoms with E-state index in [-0.39, 0.29) is 28.6 Å². The van der Waals surface area contributed by atoms with E-state index in [1.807, 2.05) is 6.07 Å². The van der Waals surface area contributed by atoms with Gasteiger partial charge in [-0.05, 0) is 24.6 Å². The number of ether oxygens (including phenoxy) is 1. The fraction of sp³-hybridized carbons (Fsp3) is 0.308. The molecule has 0 aliphatic rings. The highest BCUT2D eigenvalue weighted by Gasteiger charge is 2.17. The first kappa shape index (κ1) is 16.7. The molecule has 0 heterocycles. The molecule has 108 valence electrons. The summed E-state index contributed by atoms with van der Waals surface area (Å²) in [7, 11) is -3.75. The Labute approximate surface area is 123 Å². The molecule has 0 saturated heterocycles. The minimum absolute atomic E-state index is 0.0732. The fourth-order valence-electron chi connectivity index (χ4n) is 1.37. The van der Waals surface area contributed by atoms with E-state index in [0.29, 0.717) is 13.0 Å². The third kappa shape index (κ3) is 4.94. The predicted molar refractivity (Wildman–Crippen MR) is 77.0 cm³/mol. The van der Waals surface area contributed by atoms with E-state index in [1.165, 1.54) is 18.2 Å². The summed E-state index contributed by atoms with van der Waals surface area (Å²) < 4.78 is 31.6. The highest BCUT2D eigenvalue weighted by molar-refractivity contribution is 7.89. The van der Waals surface area contributed by atoms with E-state index in [2.05, 4.69) is 11.3 Å². The molecule has 0 aliphatic carbocycles. The first-order chi connectivity index (χ1) is 9.51. The lowest BCUT2D eigenvalue weighted by molar-refractivity contribution is 0.144. The Morgan fingerprint density at radius 3 is 2.85 bits per heavy atom. The number of hydrogen-bond acceptors (Lipinski definition) is 4. The molecule has 0 atom stereocenters. The normalized spacial score (nSPS) is 11.0. The van der Waals surface area contributed by atoms with Crippen molar-refractivity contribution in [3.8, 4) is 6.07 Å². The summed E-state index contributed by atoms with van der Waals surface area (Å²) >= 11 is 5.85. The Morgan fingerprint density at radius 1 is 1.45 bits per heavy atom.